The first-order valence-electron chi connectivity index (χ1n) is 7.59. The van der Waals surface area contributed by atoms with Gasteiger partial charge in [0.2, 0.25) is 0 Å². The number of benzene rings is 1. The number of nitrogens with two attached hydrogens (primary N) is 1. The molecule has 1 aromatic heterocycles. The second-order valence-electron chi connectivity index (χ2n) is 5.75. The lowest BCUT2D eigenvalue weighted by atomic mass is 9.90. The fourth-order valence-corrected chi connectivity index (χ4v) is 3.11. The highest BCUT2D eigenvalue weighted by atomic mass is 16.2. The molecule has 1 aliphatic rings. The molecular weight excluding hydrogens is 262 g/mol. The molecule has 4 nitrogen and oxygen atoms in total. The number of likely N-dealkylation sites (tertiary alicyclic amines) is 1. The monoisotopic (exact) mass is 283 g/mol. The maximum Gasteiger partial charge on any atom is 0.273 e. The van der Waals surface area contributed by atoms with Crippen molar-refractivity contribution in [1.29, 1.82) is 0 Å². The third kappa shape index (κ3) is 2.63. The average Bonchev–Trinajstić information content (AvgIpc) is 2.54. The highest BCUT2D eigenvalue weighted by Crippen LogP contribution is 2.23. The predicted octanol–water partition coefficient (Wildman–Crippen LogP) is 2.43. The van der Waals surface area contributed by atoms with Crippen molar-refractivity contribution in [2.75, 3.05) is 13.1 Å². The maximum atomic E-state index is 12.8. The van der Waals surface area contributed by atoms with Crippen LogP contribution in [-0.4, -0.2) is 34.9 Å². The number of piperidine rings is 1. The summed E-state index contributed by atoms with van der Waals surface area (Å²) in [5.74, 6) is 0.412. The van der Waals surface area contributed by atoms with Crippen LogP contribution in [0.3, 0.4) is 0 Å². The Labute approximate surface area is 125 Å². The summed E-state index contributed by atoms with van der Waals surface area (Å²) in [6, 6.07) is 10.0. The summed E-state index contributed by atoms with van der Waals surface area (Å²) in [6.07, 6.45) is 3.59. The third-order valence-electron chi connectivity index (χ3n) is 4.48. The smallest absolute Gasteiger partial charge is 0.273 e. The van der Waals surface area contributed by atoms with Gasteiger partial charge >= 0.3 is 0 Å². The van der Waals surface area contributed by atoms with E-state index in [1.165, 1.54) is 0 Å². The Bertz CT molecular complexity index is 650. The minimum Gasteiger partial charge on any atom is -0.337 e. The fourth-order valence-electron chi connectivity index (χ4n) is 3.11. The van der Waals surface area contributed by atoms with Crippen molar-refractivity contribution in [2.45, 2.75) is 25.8 Å². The molecule has 0 radical (unpaired) electrons. The zero-order valence-corrected chi connectivity index (χ0v) is 12.3. The molecule has 1 aromatic carbocycles. The van der Waals surface area contributed by atoms with Gasteiger partial charge in [0.15, 0.2) is 0 Å². The first-order chi connectivity index (χ1) is 10.2. The van der Waals surface area contributed by atoms with Crippen molar-refractivity contribution >= 4 is 16.7 Å². The number of rotatable bonds is 2. The van der Waals surface area contributed by atoms with Gasteiger partial charge in [-0.2, -0.15) is 0 Å². The Morgan fingerprint density at radius 2 is 2.19 bits per heavy atom. The lowest BCUT2D eigenvalue weighted by Gasteiger charge is -2.36. The van der Waals surface area contributed by atoms with Crippen molar-refractivity contribution < 1.29 is 4.79 Å². The zero-order valence-electron chi connectivity index (χ0n) is 12.3. The van der Waals surface area contributed by atoms with Gasteiger partial charge in [-0.1, -0.05) is 37.6 Å². The molecule has 0 bridgehead atoms. The van der Waals surface area contributed by atoms with Crippen LogP contribution in [0.1, 0.15) is 30.3 Å². The molecule has 2 N–H and O–H groups in total. The Kier molecular flexibility index (Phi) is 3.88. The molecule has 3 rings (SSSR count). The first-order valence-corrected chi connectivity index (χ1v) is 7.59. The van der Waals surface area contributed by atoms with E-state index < -0.39 is 0 Å². The first kappa shape index (κ1) is 14.0. The molecule has 2 atom stereocenters. The van der Waals surface area contributed by atoms with Gasteiger partial charge in [-0.25, -0.2) is 0 Å². The van der Waals surface area contributed by atoms with Gasteiger partial charge in [-0.15, -0.1) is 0 Å². The number of aromatic nitrogens is 1. The summed E-state index contributed by atoms with van der Waals surface area (Å²) in [4.78, 5) is 19.0. The number of carbonyl (C=O) groups excluding carboxylic acids is 1. The quantitative estimate of drug-likeness (QED) is 0.921. The number of nitrogens with zero attached hydrogens (tertiary/aromatic N) is 2. The fraction of sp³-hybridized carbons (Fsp3) is 0.412. The summed E-state index contributed by atoms with van der Waals surface area (Å²) in [5.41, 5.74) is 6.68. The molecule has 0 saturated carbocycles. The Morgan fingerprint density at radius 1 is 1.38 bits per heavy atom. The molecule has 4 heteroatoms. The van der Waals surface area contributed by atoms with E-state index in [-0.39, 0.29) is 11.9 Å². The summed E-state index contributed by atoms with van der Waals surface area (Å²) in [5, 5.41) is 1.98. The van der Waals surface area contributed by atoms with Gasteiger partial charge < -0.3 is 10.6 Å². The molecule has 2 aromatic rings. The summed E-state index contributed by atoms with van der Waals surface area (Å²) in [6.45, 7) is 3.59. The third-order valence-corrected chi connectivity index (χ3v) is 4.48. The molecule has 2 unspecified atom stereocenters. The molecule has 21 heavy (non-hydrogen) atoms. The van der Waals surface area contributed by atoms with Crippen LogP contribution in [0.5, 0.6) is 0 Å². The van der Waals surface area contributed by atoms with Gasteiger partial charge in [-0.05, 0) is 23.8 Å². The standard InChI is InChI=1S/C17H21N3O/c1-2-12-11-20(10-8-15(12)18)17(21)16-14-6-4-3-5-13(14)7-9-19-16/h3-7,9,12,15H,2,8,10-11,18H2,1H3. The van der Waals surface area contributed by atoms with Crippen LogP contribution in [0, 0.1) is 5.92 Å². The Morgan fingerprint density at radius 3 is 3.00 bits per heavy atom. The largest absolute Gasteiger partial charge is 0.337 e. The molecule has 0 spiro atoms. The van der Waals surface area contributed by atoms with Crippen LogP contribution >= 0.6 is 0 Å². The van der Waals surface area contributed by atoms with Gasteiger partial charge in [0.1, 0.15) is 5.69 Å². The highest BCUT2D eigenvalue weighted by Gasteiger charge is 2.29. The average molecular weight is 283 g/mol. The van der Waals surface area contributed by atoms with E-state index in [1.807, 2.05) is 35.2 Å². The number of pyridine rings is 1. The minimum absolute atomic E-state index is 0.0251. The van der Waals surface area contributed by atoms with E-state index in [1.54, 1.807) is 6.20 Å². The number of carbonyl (C=O) groups is 1. The molecule has 1 fully saturated rings. The second kappa shape index (κ2) is 5.82. The number of fused-ring (bicyclic) bond motifs is 1. The minimum atomic E-state index is 0.0251. The maximum absolute atomic E-state index is 12.8. The van der Waals surface area contributed by atoms with E-state index in [2.05, 4.69) is 11.9 Å². The van der Waals surface area contributed by atoms with E-state index in [4.69, 9.17) is 5.73 Å². The van der Waals surface area contributed by atoms with Crippen LogP contribution in [0.4, 0.5) is 0 Å². The van der Waals surface area contributed by atoms with Crippen LogP contribution < -0.4 is 5.73 Å². The summed E-state index contributed by atoms with van der Waals surface area (Å²) in [7, 11) is 0. The molecule has 110 valence electrons. The zero-order chi connectivity index (χ0) is 14.8. The Balaban J connectivity index is 1.90. The van der Waals surface area contributed by atoms with Crippen LogP contribution in [0.25, 0.3) is 10.8 Å². The predicted molar refractivity (Wildman–Crippen MR) is 84.0 cm³/mol. The SMILES string of the molecule is CCC1CN(C(=O)c2nccc3ccccc23)CCC1N. The second-order valence-corrected chi connectivity index (χ2v) is 5.75. The lowest BCUT2D eigenvalue weighted by molar-refractivity contribution is 0.0645. The van der Waals surface area contributed by atoms with Crippen molar-refractivity contribution in [2.24, 2.45) is 11.7 Å². The number of hydrogen-bond donors (Lipinski definition) is 1. The molecule has 1 saturated heterocycles. The molecule has 0 aliphatic carbocycles. The molecular formula is C17H21N3O. The van der Waals surface area contributed by atoms with Gasteiger partial charge in [0.05, 0.1) is 0 Å². The van der Waals surface area contributed by atoms with E-state index >= 15 is 0 Å². The summed E-state index contributed by atoms with van der Waals surface area (Å²) < 4.78 is 0. The van der Waals surface area contributed by atoms with Crippen molar-refractivity contribution in [1.82, 2.24) is 9.88 Å². The highest BCUT2D eigenvalue weighted by molar-refractivity contribution is 6.05. The van der Waals surface area contributed by atoms with Gasteiger partial charge in [0, 0.05) is 30.7 Å². The number of amides is 1. The molecule has 1 amide bonds. The molecule has 1 aliphatic heterocycles. The summed E-state index contributed by atoms with van der Waals surface area (Å²) >= 11 is 0. The van der Waals surface area contributed by atoms with E-state index in [0.717, 1.165) is 36.7 Å². The number of hydrogen-bond acceptors (Lipinski definition) is 3. The van der Waals surface area contributed by atoms with Crippen LogP contribution in [-0.2, 0) is 0 Å². The van der Waals surface area contributed by atoms with Crippen LogP contribution in [0.2, 0.25) is 0 Å². The van der Waals surface area contributed by atoms with E-state index in [0.29, 0.717) is 11.6 Å². The van der Waals surface area contributed by atoms with Crippen molar-refractivity contribution in [3.05, 3.63) is 42.2 Å². The Hall–Kier alpha value is -1.94. The molecule has 2 heterocycles. The van der Waals surface area contributed by atoms with Crippen molar-refractivity contribution in [3.63, 3.8) is 0 Å². The van der Waals surface area contributed by atoms with Crippen molar-refractivity contribution in [3.8, 4) is 0 Å². The lowest BCUT2D eigenvalue weighted by Crippen LogP contribution is -2.49. The topological polar surface area (TPSA) is 59.2 Å². The van der Waals surface area contributed by atoms with E-state index in [9.17, 15) is 4.79 Å². The van der Waals surface area contributed by atoms with Gasteiger partial charge in [0.25, 0.3) is 5.91 Å². The van der Waals surface area contributed by atoms with Crippen LogP contribution in [0.15, 0.2) is 36.5 Å². The van der Waals surface area contributed by atoms with Gasteiger partial charge in [-0.3, -0.25) is 9.78 Å². The normalized spacial score (nSPS) is 22.5.